The van der Waals surface area contributed by atoms with Gasteiger partial charge in [-0.2, -0.15) is 0 Å². The molecule has 332 valence electrons. The molecular weight excluding hydrogens is 851 g/mol. The van der Waals surface area contributed by atoms with E-state index < -0.39 is 0 Å². The van der Waals surface area contributed by atoms with E-state index in [4.69, 9.17) is 4.99 Å². The van der Waals surface area contributed by atoms with E-state index in [9.17, 15) is 0 Å². The minimum atomic E-state index is -0.0707. The quantitative estimate of drug-likeness (QED) is 0.158. The molecule has 4 unspecified atom stereocenters. The van der Waals surface area contributed by atoms with Gasteiger partial charge in [-0.3, -0.25) is 4.99 Å². The molecule has 13 rings (SSSR count). The first-order valence-electron chi connectivity index (χ1n) is 25.0. The predicted octanol–water partition coefficient (Wildman–Crippen LogP) is 18.6. The second kappa shape index (κ2) is 17.3. The third kappa shape index (κ3) is 7.32. The van der Waals surface area contributed by atoms with E-state index in [0.717, 1.165) is 25.7 Å². The van der Waals surface area contributed by atoms with Crippen LogP contribution < -0.4 is 0 Å². The largest absolute Gasteiger partial charge is 0.280 e. The smallest absolute Gasteiger partial charge is 0.0821 e. The lowest BCUT2D eigenvalue weighted by molar-refractivity contribution is 0.514. The SMILES string of the molecule is CCC1/C(c2cccc(-c3ccccc3)c2)=C/CC(C)C(c2cc(C3CCc4cc5ccccc5cc4-c4cc5ccccc5cc43)cc3sc4c5ccccc5ccc4c23)=NC1c1ccccc1. The molecule has 2 heteroatoms. The van der Waals surface area contributed by atoms with Gasteiger partial charge in [0.25, 0.3) is 0 Å². The van der Waals surface area contributed by atoms with Gasteiger partial charge in [0.1, 0.15) is 0 Å². The third-order valence-electron chi connectivity index (χ3n) is 15.5. The van der Waals surface area contributed by atoms with Crippen LogP contribution in [0.25, 0.3) is 80.3 Å². The highest BCUT2D eigenvalue weighted by Gasteiger charge is 2.32. The molecule has 0 N–H and O–H groups in total. The molecular formula is C67H53NS. The summed E-state index contributed by atoms with van der Waals surface area (Å²) in [6, 6.07) is 77.7. The molecule has 2 aliphatic rings. The van der Waals surface area contributed by atoms with Crippen LogP contribution in [0.5, 0.6) is 0 Å². The van der Waals surface area contributed by atoms with Gasteiger partial charge in [0, 0.05) is 49.2 Å². The van der Waals surface area contributed by atoms with Crippen molar-refractivity contribution in [2.24, 2.45) is 16.8 Å². The molecule has 0 spiro atoms. The van der Waals surface area contributed by atoms with Crippen molar-refractivity contribution >= 4 is 75.1 Å². The summed E-state index contributed by atoms with van der Waals surface area (Å²) >= 11 is 1.97. The molecule has 4 atom stereocenters. The Hall–Kier alpha value is -7.39. The lowest BCUT2D eigenvalue weighted by Crippen LogP contribution is -2.22. The number of allylic oxidation sites excluding steroid dienone is 1. The van der Waals surface area contributed by atoms with Crippen LogP contribution in [-0.4, -0.2) is 5.71 Å². The Kier molecular flexibility index (Phi) is 10.5. The van der Waals surface area contributed by atoms with Crippen molar-refractivity contribution in [2.75, 3.05) is 0 Å². The predicted molar refractivity (Wildman–Crippen MR) is 297 cm³/mol. The number of aliphatic imine (C=N–C) groups is 1. The number of aryl methyl sites for hydroxylation is 1. The highest BCUT2D eigenvalue weighted by Crippen LogP contribution is 2.49. The Labute approximate surface area is 409 Å². The summed E-state index contributed by atoms with van der Waals surface area (Å²) in [5.74, 6) is 0.530. The summed E-state index contributed by atoms with van der Waals surface area (Å²) in [4.78, 5) is 6.20. The van der Waals surface area contributed by atoms with Crippen LogP contribution in [0.1, 0.15) is 78.5 Å². The fourth-order valence-electron chi connectivity index (χ4n) is 12.1. The van der Waals surface area contributed by atoms with Gasteiger partial charge in [-0.15, -0.1) is 11.3 Å². The summed E-state index contributed by atoms with van der Waals surface area (Å²) in [6.07, 6.45) is 6.49. The standard InChI is InChI=1S/C67H53NS/c1-3-54-55(51-27-16-26-46(35-51)43-17-6-4-7-18-43)32-29-42(2)65(68-66(54)45-20-8-5-9-21-45)62-40-53(41-63-64(62)58-34-30-44-19-14-15-28-57(44)67(58)69-63)56-33-31-52-36-47-22-10-11-23-48(47)37-59(52)61-39-50-25-13-12-24-49(50)38-60(56)61/h4-28,30,32,34-42,54,56,66H,3,29,31,33H2,1-2H3/b55-32+,68-65?. The molecule has 0 saturated carbocycles. The van der Waals surface area contributed by atoms with Crippen molar-refractivity contribution in [1.29, 1.82) is 0 Å². The highest BCUT2D eigenvalue weighted by atomic mass is 32.1. The minimum Gasteiger partial charge on any atom is -0.280 e. The van der Waals surface area contributed by atoms with Crippen molar-refractivity contribution in [3.05, 3.63) is 246 Å². The highest BCUT2D eigenvalue weighted by molar-refractivity contribution is 7.26. The summed E-state index contributed by atoms with van der Waals surface area (Å²) in [7, 11) is 0. The number of nitrogens with zero attached hydrogens (tertiary/aromatic N) is 1. The number of rotatable bonds is 6. The van der Waals surface area contributed by atoms with Crippen LogP contribution in [0.15, 0.2) is 217 Å². The molecule has 0 fully saturated rings. The molecule has 10 aromatic carbocycles. The molecule has 0 amide bonds. The zero-order chi connectivity index (χ0) is 46.0. The Morgan fingerprint density at radius 3 is 1.94 bits per heavy atom. The van der Waals surface area contributed by atoms with Gasteiger partial charge in [0.2, 0.25) is 0 Å². The second-order valence-corrected chi connectivity index (χ2v) is 20.6. The maximum absolute atomic E-state index is 6.20. The Morgan fingerprint density at radius 1 is 0.522 bits per heavy atom. The van der Waals surface area contributed by atoms with E-state index in [-0.39, 0.29) is 23.8 Å². The molecule has 0 radical (unpaired) electrons. The minimum absolute atomic E-state index is 0.0707. The van der Waals surface area contributed by atoms with Crippen LogP contribution in [0, 0.1) is 11.8 Å². The normalized spacial score (nSPS) is 19.1. The third-order valence-corrected chi connectivity index (χ3v) is 16.7. The van der Waals surface area contributed by atoms with Crippen LogP contribution in [0.3, 0.4) is 0 Å². The number of fused-ring (bicyclic) bond motifs is 10. The maximum Gasteiger partial charge on any atom is 0.0821 e. The van der Waals surface area contributed by atoms with E-state index in [1.165, 1.54) is 119 Å². The zero-order valence-corrected chi connectivity index (χ0v) is 40.0. The number of hydrogen-bond donors (Lipinski definition) is 0. The van der Waals surface area contributed by atoms with Gasteiger partial charge in [0.15, 0.2) is 0 Å². The second-order valence-electron chi connectivity index (χ2n) is 19.6. The monoisotopic (exact) mass is 903 g/mol. The van der Waals surface area contributed by atoms with E-state index in [1.807, 2.05) is 11.3 Å². The van der Waals surface area contributed by atoms with E-state index in [1.54, 1.807) is 0 Å². The summed E-state index contributed by atoms with van der Waals surface area (Å²) in [5.41, 5.74) is 16.0. The van der Waals surface area contributed by atoms with Gasteiger partial charge in [-0.25, -0.2) is 0 Å². The number of thiophene rings is 1. The molecule has 1 aliphatic carbocycles. The van der Waals surface area contributed by atoms with Crippen LogP contribution in [-0.2, 0) is 6.42 Å². The van der Waals surface area contributed by atoms with Gasteiger partial charge in [-0.1, -0.05) is 190 Å². The molecule has 1 aliphatic heterocycles. The lowest BCUT2D eigenvalue weighted by atomic mass is 9.77. The molecule has 69 heavy (non-hydrogen) atoms. The lowest BCUT2D eigenvalue weighted by Gasteiger charge is -2.32. The zero-order valence-electron chi connectivity index (χ0n) is 39.2. The molecule has 2 heterocycles. The average Bonchev–Trinajstić information content (AvgIpc) is 3.72. The average molecular weight is 904 g/mol. The topological polar surface area (TPSA) is 12.4 Å². The molecule has 1 aromatic heterocycles. The Morgan fingerprint density at radius 2 is 1.17 bits per heavy atom. The van der Waals surface area contributed by atoms with Crippen molar-refractivity contribution in [3.63, 3.8) is 0 Å². The van der Waals surface area contributed by atoms with Crippen molar-refractivity contribution in [2.45, 2.75) is 51.5 Å². The number of hydrogen-bond acceptors (Lipinski definition) is 2. The van der Waals surface area contributed by atoms with Crippen LogP contribution >= 0.6 is 11.3 Å². The molecule has 11 aromatic rings. The summed E-state index contributed by atoms with van der Waals surface area (Å²) in [6.45, 7) is 4.79. The first-order chi connectivity index (χ1) is 34.1. The van der Waals surface area contributed by atoms with E-state index in [2.05, 4.69) is 226 Å². The van der Waals surface area contributed by atoms with E-state index in [0.29, 0.717) is 0 Å². The summed E-state index contributed by atoms with van der Waals surface area (Å²) < 4.78 is 2.70. The van der Waals surface area contributed by atoms with E-state index >= 15 is 0 Å². The van der Waals surface area contributed by atoms with Crippen LogP contribution in [0.2, 0.25) is 0 Å². The van der Waals surface area contributed by atoms with Crippen molar-refractivity contribution in [3.8, 4) is 22.3 Å². The van der Waals surface area contributed by atoms with Gasteiger partial charge < -0.3 is 0 Å². The fraction of sp³-hybridized carbons (Fsp3) is 0.149. The molecule has 1 nitrogen and oxygen atoms in total. The number of benzene rings is 10. The van der Waals surface area contributed by atoms with Crippen molar-refractivity contribution in [1.82, 2.24) is 0 Å². The van der Waals surface area contributed by atoms with Gasteiger partial charge >= 0.3 is 0 Å². The Bertz CT molecular complexity index is 3840. The summed E-state index contributed by atoms with van der Waals surface area (Å²) in [5, 5.41) is 10.5. The molecule has 0 saturated heterocycles. The van der Waals surface area contributed by atoms with Crippen molar-refractivity contribution < 1.29 is 0 Å². The van der Waals surface area contributed by atoms with Gasteiger partial charge in [-0.05, 0) is 150 Å². The van der Waals surface area contributed by atoms with Crippen LogP contribution in [0.4, 0.5) is 0 Å². The Balaban J connectivity index is 1.04. The molecule has 0 bridgehead atoms. The maximum atomic E-state index is 6.20. The first-order valence-corrected chi connectivity index (χ1v) is 25.8. The fourth-order valence-corrected chi connectivity index (χ4v) is 13.4. The first kappa shape index (κ1) is 41.8. The van der Waals surface area contributed by atoms with Gasteiger partial charge in [0.05, 0.1) is 6.04 Å².